The zero-order chi connectivity index (χ0) is 4.57. The van der Waals surface area contributed by atoms with Gasteiger partial charge in [-0.2, -0.15) is 0 Å². The van der Waals surface area contributed by atoms with Crippen LogP contribution < -0.4 is 0 Å². The topological polar surface area (TPSA) is 40.3 Å². The van der Waals surface area contributed by atoms with Crippen molar-refractivity contribution in [1.82, 2.24) is 4.67 Å². The van der Waals surface area contributed by atoms with Crippen LogP contribution in [0.3, 0.4) is 0 Å². The summed E-state index contributed by atoms with van der Waals surface area (Å²) < 4.78 is 11.3. The Morgan fingerprint density at radius 2 is 2.17 bits per heavy atom. The average molecular weight is 106 g/mol. The van der Waals surface area contributed by atoms with E-state index in [1.807, 2.05) is 0 Å². The molecule has 1 aliphatic heterocycles. The van der Waals surface area contributed by atoms with Gasteiger partial charge in [-0.05, 0) is 4.57 Å². The maximum Gasteiger partial charge on any atom is 0.613 e. The van der Waals surface area contributed by atoms with E-state index in [1.165, 1.54) is 4.67 Å². The largest absolute Gasteiger partial charge is 0.613 e. The highest BCUT2D eigenvalue weighted by molar-refractivity contribution is 7.35. The first-order chi connectivity index (χ1) is 2.80. The molecule has 0 amide bonds. The second kappa shape index (κ2) is 1.26. The summed E-state index contributed by atoms with van der Waals surface area (Å²) in [6.45, 7) is 1.59. The molecular formula is C2H5NO2P+. The van der Waals surface area contributed by atoms with E-state index < -0.39 is 8.18 Å². The number of rotatable bonds is 1. The lowest BCUT2D eigenvalue weighted by Crippen LogP contribution is -1.73. The molecule has 0 aromatic rings. The molecule has 4 heteroatoms. The standard InChI is InChI=1S/C2H4NO2P/c4-6(5)3-1-2-3/h1-2H2/p+1. The zero-order valence-corrected chi connectivity index (χ0v) is 4.06. The summed E-state index contributed by atoms with van der Waals surface area (Å²) in [5.74, 6) is 0. The highest BCUT2D eigenvalue weighted by Crippen LogP contribution is 2.27. The predicted octanol–water partition coefficient (Wildman–Crippen LogP) is -0.0483. The molecule has 0 bridgehead atoms. The molecule has 6 heavy (non-hydrogen) atoms. The van der Waals surface area contributed by atoms with Crippen molar-refractivity contribution in [3.63, 3.8) is 0 Å². The molecule has 1 aliphatic rings. The van der Waals surface area contributed by atoms with Crippen LogP contribution >= 0.6 is 8.18 Å². The Morgan fingerprint density at radius 1 is 1.67 bits per heavy atom. The van der Waals surface area contributed by atoms with Crippen molar-refractivity contribution in [2.24, 2.45) is 0 Å². The highest BCUT2D eigenvalue weighted by Gasteiger charge is 2.36. The smallest absolute Gasteiger partial charge is 0.144 e. The highest BCUT2D eigenvalue weighted by atomic mass is 31.1. The summed E-state index contributed by atoms with van der Waals surface area (Å²) in [5, 5.41) is 0. The molecule has 0 aromatic heterocycles. The molecule has 34 valence electrons. The lowest BCUT2D eigenvalue weighted by atomic mass is 11.0. The molecule has 1 atom stereocenters. The minimum atomic E-state index is -1.97. The maximum absolute atomic E-state index is 9.84. The van der Waals surface area contributed by atoms with E-state index in [0.717, 1.165) is 13.1 Å². The van der Waals surface area contributed by atoms with Gasteiger partial charge in [0.2, 0.25) is 0 Å². The van der Waals surface area contributed by atoms with Crippen molar-refractivity contribution in [2.45, 2.75) is 0 Å². The second-order valence-electron chi connectivity index (χ2n) is 1.21. The van der Waals surface area contributed by atoms with Crippen LogP contribution in [0.15, 0.2) is 0 Å². The van der Waals surface area contributed by atoms with Gasteiger partial charge < -0.3 is 0 Å². The Hall–Kier alpha value is 0.0200. The van der Waals surface area contributed by atoms with Gasteiger partial charge in [-0.1, -0.05) is 4.67 Å². The van der Waals surface area contributed by atoms with Crippen LogP contribution in [0.25, 0.3) is 0 Å². The van der Waals surface area contributed by atoms with Crippen LogP contribution in [0, 0.1) is 0 Å². The van der Waals surface area contributed by atoms with Gasteiger partial charge in [0, 0.05) is 0 Å². The average Bonchev–Trinajstić information content (AvgIpc) is 2.06. The third kappa shape index (κ3) is 0.744. The first-order valence-electron chi connectivity index (χ1n) is 1.72. The summed E-state index contributed by atoms with van der Waals surface area (Å²) >= 11 is 0. The molecule has 1 fully saturated rings. The van der Waals surface area contributed by atoms with E-state index in [9.17, 15) is 4.57 Å². The van der Waals surface area contributed by atoms with Crippen molar-refractivity contribution in [1.29, 1.82) is 0 Å². The summed E-state index contributed by atoms with van der Waals surface area (Å²) in [6, 6.07) is 0. The Kier molecular flexibility index (Phi) is 0.880. The molecule has 3 nitrogen and oxygen atoms in total. The Balaban J connectivity index is 2.31. The Bertz CT molecular complexity index is 79.6. The first kappa shape index (κ1) is 4.19. The normalized spacial score (nSPS) is 23.8. The molecule has 0 radical (unpaired) electrons. The predicted molar refractivity (Wildman–Crippen MR) is 21.4 cm³/mol. The monoisotopic (exact) mass is 106 g/mol. The van der Waals surface area contributed by atoms with Gasteiger partial charge in [-0.15, -0.1) is 4.89 Å². The van der Waals surface area contributed by atoms with Gasteiger partial charge in [0.15, 0.2) is 0 Å². The minimum absolute atomic E-state index is 0.797. The van der Waals surface area contributed by atoms with Crippen LogP contribution in [-0.4, -0.2) is 22.7 Å². The van der Waals surface area contributed by atoms with Crippen LogP contribution in [0.4, 0.5) is 0 Å². The molecule has 0 aromatic carbocycles. The van der Waals surface area contributed by atoms with Crippen LogP contribution in [-0.2, 0) is 4.57 Å². The fourth-order valence-electron chi connectivity index (χ4n) is 0.216. The van der Waals surface area contributed by atoms with Gasteiger partial charge in [-0.25, -0.2) is 0 Å². The fraction of sp³-hybridized carbons (Fsp3) is 1.00. The van der Waals surface area contributed by atoms with E-state index in [2.05, 4.69) is 0 Å². The van der Waals surface area contributed by atoms with Crippen LogP contribution in [0.1, 0.15) is 0 Å². The first-order valence-corrected chi connectivity index (χ1v) is 2.88. The maximum atomic E-state index is 9.84. The van der Waals surface area contributed by atoms with Crippen molar-refractivity contribution in [2.75, 3.05) is 13.1 Å². The molecule has 0 aliphatic carbocycles. The minimum Gasteiger partial charge on any atom is -0.144 e. The van der Waals surface area contributed by atoms with Gasteiger partial charge in [0.1, 0.15) is 0 Å². The van der Waals surface area contributed by atoms with E-state index in [4.69, 9.17) is 4.89 Å². The van der Waals surface area contributed by atoms with E-state index >= 15 is 0 Å². The molecule has 1 unspecified atom stereocenters. The van der Waals surface area contributed by atoms with E-state index in [0.29, 0.717) is 0 Å². The van der Waals surface area contributed by atoms with Crippen molar-refractivity contribution < 1.29 is 9.46 Å². The Labute approximate surface area is 36.5 Å². The SMILES string of the molecule is O=[P+](O)N1CC1. The van der Waals surface area contributed by atoms with Crippen LogP contribution in [0.2, 0.25) is 0 Å². The van der Waals surface area contributed by atoms with E-state index in [-0.39, 0.29) is 0 Å². The molecule has 1 rings (SSSR count). The fourth-order valence-corrected chi connectivity index (χ4v) is 0.647. The third-order valence-corrected chi connectivity index (χ3v) is 1.55. The van der Waals surface area contributed by atoms with Gasteiger partial charge in [0.05, 0.1) is 13.1 Å². The van der Waals surface area contributed by atoms with Gasteiger partial charge in [-0.3, -0.25) is 0 Å². The molecule has 0 spiro atoms. The second-order valence-corrected chi connectivity index (χ2v) is 2.28. The summed E-state index contributed by atoms with van der Waals surface area (Å²) in [5.41, 5.74) is 0. The summed E-state index contributed by atoms with van der Waals surface area (Å²) in [6.07, 6.45) is 0. The lowest BCUT2D eigenvalue weighted by Gasteiger charge is -1.62. The summed E-state index contributed by atoms with van der Waals surface area (Å²) in [4.78, 5) is 8.13. The number of hydrogen-bond acceptors (Lipinski definition) is 1. The number of hydrogen-bond donors (Lipinski definition) is 1. The van der Waals surface area contributed by atoms with E-state index in [1.54, 1.807) is 0 Å². The molecule has 1 saturated heterocycles. The molecule has 1 N–H and O–H groups in total. The third-order valence-electron chi connectivity index (χ3n) is 0.666. The van der Waals surface area contributed by atoms with Gasteiger partial charge in [0.25, 0.3) is 0 Å². The van der Waals surface area contributed by atoms with Gasteiger partial charge >= 0.3 is 8.18 Å². The zero-order valence-electron chi connectivity index (χ0n) is 3.16. The molecular weight excluding hydrogens is 101 g/mol. The number of nitrogens with zero attached hydrogens (tertiary/aromatic N) is 1. The van der Waals surface area contributed by atoms with Crippen molar-refractivity contribution >= 4 is 8.18 Å². The molecule has 0 saturated carbocycles. The Morgan fingerprint density at radius 3 is 2.17 bits per heavy atom. The quantitative estimate of drug-likeness (QED) is 0.376. The molecule has 1 heterocycles. The van der Waals surface area contributed by atoms with Crippen molar-refractivity contribution in [3.8, 4) is 0 Å². The van der Waals surface area contributed by atoms with Crippen LogP contribution in [0.5, 0.6) is 0 Å². The lowest BCUT2D eigenvalue weighted by molar-refractivity contribution is 0.471. The van der Waals surface area contributed by atoms with Crippen molar-refractivity contribution in [3.05, 3.63) is 0 Å². The summed E-state index contributed by atoms with van der Waals surface area (Å²) in [7, 11) is -1.97.